The van der Waals surface area contributed by atoms with E-state index in [1.54, 1.807) is 12.1 Å². The maximum atomic E-state index is 15.2. The highest BCUT2D eigenvalue weighted by Crippen LogP contribution is 2.55. The van der Waals surface area contributed by atoms with Crippen LogP contribution in [0.15, 0.2) is 24.3 Å². The number of carbonyl (C=O) groups excluding carboxylic acids is 3. The number of aromatic hydroxyl groups is 2. The van der Waals surface area contributed by atoms with Gasteiger partial charge in [-0.05, 0) is 19.3 Å². The number of halogens is 1. The number of phenols is 2. The molecule has 0 aromatic heterocycles. The number of ketones is 3. The van der Waals surface area contributed by atoms with Crippen molar-refractivity contribution in [3.63, 3.8) is 0 Å². The lowest BCUT2D eigenvalue weighted by atomic mass is 9.68. The van der Waals surface area contributed by atoms with Crippen LogP contribution in [-0.4, -0.2) is 38.3 Å². The summed E-state index contributed by atoms with van der Waals surface area (Å²) in [4.78, 5) is 37.7. The SMILES string of the molecule is CC(=O)[C@@]1(O)CC(C)c2c(O)c3c(c(O)c2[C@@H]1F)C(=O)c1ccccc1C3=O. The third kappa shape index (κ3) is 2.08. The molecule has 4 rings (SSSR count). The van der Waals surface area contributed by atoms with Gasteiger partial charge in [0.05, 0.1) is 11.1 Å². The Bertz CT molecular complexity index is 1090. The Morgan fingerprint density at radius 2 is 1.50 bits per heavy atom. The van der Waals surface area contributed by atoms with E-state index in [0.717, 1.165) is 6.92 Å². The quantitative estimate of drug-likeness (QED) is 0.556. The number of alkyl halides is 1. The smallest absolute Gasteiger partial charge is 0.198 e. The van der Waals surface area contributed by atoms with Gasteiger partial charge in [0.25, 0.3) is 0 Å². The van der Waals surface area contributed by atoms with Gasteiger partial charge in [0.1, 0.15) is 11.5 Å². The molecule has 3 N–H and O–H groups in total. The summed E-state index contributed by atoms with van der Waals surface area (Å²) in [6.45, 7) is 2.57. The monoisotopic (exact) mass is 384 g/mol. The number of fused-ring (bicyclic) bond motifs is 3. The highest BCUT2D eigenvalue weighted by molar-refractivity contribution is 6.30. The predicted molar refractivity (Wildman–Crippen MR) is 95.6 cm³/mol. The minimum absolute atomic E-state index is 0.0238. The van der Waals surface area contributed by atoms with E-state index < -0.39 is 57.7 Å². The molecule has 0 saturated heterocycles. The van der Waals surface area contributed by atoms with Gasteiger partial charge in [-0.25, -0.2) is 4.39 Å². The largest absolute Gasteiger partial charge is 0.507 e. The van der Waals surface area contributed by atoms with Crippen LogP contribution in [0.3, 0.4) is 0 Å². The van der Waals surface area contributed by atoms with Crippen molar-refractivity contribution in [3.05, 3.63) is 57.6 Å². The molecular weight excluding hydrogens is 367 g/mol. The molecule has 2 aromatic rings. The Hall–Kier alpha value is -3.06. The van der Waals surface area contributed by atoms with E-state index in [2.05, 4.69) is 0 Å². The average Bonchev–Trinajstić information content (AvgIpc) is 2.65. The van der Waals surface area contributed by atoms with Crippen LogP contribution in [0.4, 0.5) is 4.39 Å². The Kier molecular flexibility index (Phi) is 3.74. The van der Waals surface area contributed by atoms with Crippen LogP contribution in [-0.2, 0) is 4.79 Å². The molecule has 0 heterocycles. The molecule has 28 heavy (non-hydrogen) atoms. The number of phenolic OH excluding ortho intramolecular Hbond substituents is 2. The predicted octanol–water partition coefficient (Wildman–Crippen LogP) is 2.71. The minimum atomic E-state index is -2.40. The third-order valence-corrected chi connectivity index (χ3v) is 5.79. The fraction of sp³-hybridized carbons (Fsp3) is 0.286. The van der Waals surface area contributed by atoms with Gasteiger partial charge in [0.15, 0.2) is 29.1 Å². The number of hydrogen-bond donors (Lipinski definition) is 3. The molecule has 0 aliphatic heterocycles. The second-order valence-corrected chi connectivity index (χ2v) is 7.43. The van der Waals surface area contributed by atoms with Crippen molar-refractivity contribution >= 4 is 17.3 Å². The zero-order valence-electron chi connectivity index (χ0n) is 15.1. The lowest BCUT2D eigenvalue weighted by Crippen LogP contribution is -2.46. The molecule has 0 radical (unpaired) electrons. The maximum absolute atomic E-state index is 15.2. The molecule has 144 valence electrons. The highest BCUT2D eigenvalue weighted by Gasteiger charge is 2.52. The third-order valence-electron chi connectivity index (χ3n) is 5.79. The summed E-state index contributed by atoms with van der Waals surface area (Å²) in [6.07, 6.45) is -2.69. The summed E-state index contributed by atoms with van der Waals surface area (Å²) < 4.78 is 15.2. The molecule has 7 heteroatoms. The van der Waals surface area contributed by atoms with Crippen molar-refractivity contribution in [3.8, 4) is 11.5 Å². The number of hydrogen-bond acceptors (Lipinski definition) is 6. The van der Waals surface area contributed by atoms with Crippen molar-refractivity contribution < 1.29 is 34.1 Å². The summed E-state index contributed by atoms with van der Waals surface area (Å²) in [6, 6.07) is 5.94. The van der Waals surface area contributed by atoms with E-state index >= 15 is 4.39 Å². The zero-order valence-corrected chi connectivity index (χ0v) is 15.1. The Labute approximate surface area is 159 Å². The van der Waals surface area contributed by atoms with Crippen molar-refractivity contribution in [1.82, 2.24) is 0 Å². The fourth-order valence-corrected chi connectivity index (χ4v) is 4.34. The number of rotatable bonds is 1. The Morgan fingerprint density at radius 1 is 1.04 bits per heavy atom. The van der Waals surface area contributed by atoms with Crippen LogP contribution in [0.25, 0.3) is 0 Å². The first-order valence-corrected chi connectivity index (χ1v) is 8.78. The number of Topliss-reactive ketones (excluding diaryl/α,β-unsaturated/α-hetero) is 1. The van der Waals surface area contributed by atoms with Crippen molar-refractivity contribution in [2.75, 3.05) is 0 Å². The average molecular weight is 384 g/mol. The number of benzene rings is 2. The normalized spacial score (nSPS) is 25.7. The summed E-state index contributed by atoms with van der Waals surface area (Å²) in [7, 11) is 0. The van der Waals surface area contributed by atoms with Crippen LogP contribution in [0.1, 0.15) is 75.3 Å². The van der Waals surface area contributed by atoms with Crippen molar-refractivity contribution in [2.45, 2.75) is 38.0 Å². The molecule has 2 aromatic carbocycles. The first-order valence-electron chi connectivity index (χ1n) is 8.78. The van der Waals surface area contributed by atoms with E-state index in [9.17, 15) is 29.7 Å². The zero-order chi connectivity index (χ0) is 20.5. The second-order valence-electron chi connectivity index (χ2n) is 7.43. The Morgan fingerprint density at radius 3 is 1.96 bits per heavy atom. The molecule has 0 amide bonds. The van der Waals surface area contributed by atoms with Crippen LogP contribution < -0.4 is 0 Å². The topological polar surface area (TPSA) is 112 Å². The van der Waals surface area contributed by atoms with Gasteiger partial charge >= 0.3 is 0 Å². The van der Waals surface area contributed by atoms with Crippen LogP contribution in [0.2, 0.25) is 0 Å². The maximum Gasteiger partial charge on any atom is 0.198 e. The van der Waals surface area contributed by atoms with E-state index in [0.29, 0.717) is 0 Å². The standard InChI is InChI=1S/C21H17FO6/c1-8-7-21(28,9(2)23)20(22)15-12(8)18(26)13-14(19(15)27)17(25)11-6-4-3-5-10(11)16(13)24/h3-6,8,20,26-28H,7H2,1-2H3/t8?,20-,21-/m0/s1. The molecule has 1 unspecified atom stereocenters. The molecule has 3 atom stereocenters. The number of aliphatic hydroxyl groups is 1. The molecule has 2 aliphatic carbocycles. The van der Waals surface area contributed by atoms with Crippen LogP contribution in [0.5, 0.6) is 11.5 Å². The first-order chi connectivity index (χ1) is 13.1. The molecule has 0 bridgehead atoms. The van der Waals surface area contributed by atoms with Gasteiger partial charge in [-0.1, -0.05) is 31.2 Å². The molecule has 6 nitrogen and oxygen atoms in total. The number of carbonyl (C=O) groups is 3. The Balaban J connectivity index is 2.08. The van der Waals surface area contributed by atoms with Crippen molar-refractivity contribution in [1.29, 1.82) is 0 Å². The summed E-state index contributed by atoms with van der Waals surface area (Å²) >= 11 is 0. The molecular formula is C21H17FO6. The van der Waals surface area contributed by atoms with Gasteiger partial charge in [0.2, 0.25) is 0 Å². The molecule has 2 aliphatic rings. The van der Waals surface area contributed by atoms with Crippen LogP contribution >= 0.6 is 0 Å². The van der Waals surface area contributed by atoms with E-state index in [1.807, 2.05) is 0 Å². The molecule has 0 spiro atoms. The minimum Gasteiger partial charge on any atom is -0.507 e. The second kappa shape index (κ2) is 5.72. The summed E-state index contributed by atoms with van der Waals surface area (Å²) in [5.41, 5.74) is -3.78. The summed E-state index contributed by atoms with van der Waals surface area (Å²) in [5.74, 6) is -4.40. The van der Waals surface area contributed by atoms with Gasteiger partial charge in [-0.3, -0.25) is 14.4 Å². The lowest BCUT2D eigenvalue weighted by Gasteiger charge is -2.39. The van der Waals surface area contributed by atoms with E-state index in [1.165, 1.54) is 19.1 Å². The fourth-order valence-electron chi connectivity index (χ4n) is 4.34. The van der Waals surface area contributed by atoms with Gasteiger partial charge < -0.3 is 15.3 Å². The lowest BCUT2D eigenvalue weighted by molar-refractivity contribution is -0.146. The van der Waals surface area contributed by atoms with Crippen molar-refractivity contribution in [2.24, 2.45) is 0 Å². The first kappa shape index (κ1) is 18.3. The van der Waals surface area contributed by atoms with E-state index in [-0.39, 0.29) is 28.7 Å². The van der Waals surface area contributed by atoms with E-state index in [4.69, 9.17) is 0 Å². The molecule has 0 saturated carbocycles. The van der Waals surface area contributed by atoms with Gasteiger partial charge in [-0.2, -0.15) is 0 Å². The van der Waals surface area contributed by atoms with Crippen LogP contribution in [0, 0.1) is 0 Å². The highest BCUT2D eigenvalue weighted by atomic mass is 19.1. The summed E-state index contributed by atoms with van der Waals surface area (Å²) in [5, 5.41) is 32.1. The molecule has 0 fully saturated rings. The van der Waals surface area contributed by atoms with Gasteiger partial charge in [0, 0.05) is 22.3 Å². The van der Waals surface area contributed by atoms with Gasteiger partial charge in [-0.15, -0.1) is 0 Å².